The Bertz CT molecular complexity index is 1420. The molecule has 238 valence electrons. The number of hydrogen-bond donors (Lipinski definition) is 9. The van der Waals surface area contributed by atoms with E-state index < -0.39 is 72.7 Å². The molecule has 5 amide bonds. The number of benzene rings is 2. The van der Waals surface area contributed by atoms with Crippen LogP contribution in [0.25, 0.3) is 11.1 Å². The summed E-state index contributed by atoms with van der Waals surface area (Å²) in [5, 5.41) is 49.8. The van der Waals surface area contributed by atoms with Gasteiger partial charge in [0.15, 0.2) is 0 Å². The third kappa shape index (κ3) is 9.49. The van der Waals surface area contributed by atoms with E-state index in [1.54, 1.807) is 45.0 Å². The van der Waals surface area contributed by atoms with E-state index in [-0.39, 0.29) is 35.5 Å². The standard InChI is InChI=1S/C29H37N5O10/c1-29(2,3)44-28(43)34-20-11-17-9-15(5-7-23(17)37)14-4-6-22(36)16(8-14)10-19(24(30)38)32-26(40)21(33-25(20)39)12-18(35)13-31-27(41)42/h4-9,18-21,31,35-37H,10-13H2,1-3H3,(H2,30,38)(H,32,40)(H,33,39)(H,34,43)(H,41,42)/t18-,19+,20+,21+/m1/s1. The molecule has 3 rings (SSSR count). The van der Waals surface area contributed by atoms with Crippen molar-refractivity contribution in [2.75, 3.05) is 6.54 Å². The third-order valence-electron chi connectivity index (χ3n) is 6.64. The van der Waals surface area contributed by atoms with Crippen molar-refractivity contribution in [3.05, 3.63) is 47.5 Å². The Hall–Kier alpha value is -5.05. The number of rotatable bonds is 6. The van der Waals surface area contributed by atoms with Crippen LogP contribution in [0.5, 0.6) is 11.5 Å². The van der Waals surface area contributed by atoms with Crippen LogP contribution in [0.15, 0.2) is 36.4 Å². The molecule has 0 aromatic heterocycles. The third-order valence-corrected chi connectivity index (χ3v) is 6.64. The van der Waals surface area contributed by atoms with Gasteiger partial charge in [-0.3, -0.25) is 14.4 Å². The summed E-state index contributed by atoms with van der Waals surface area (Å²) in [7, 11) is 0. The normalized spacial score (nSPS) is 19.7. The highest BCUT2D eigenvalue weighted by molar-refractivity contribution is 5.94. The Kier molecular flexibility index (Phi) is 10.6. The first-order valence-corrected chi connectivity index (χ1v) is 13.7. The zero-order valence-electron chi connectivity index (χ0n) is 24.4. The van der Waals surface area contributed by atoms with Crippen molar-refractivity contribution < 1.29 is 49.1 Å². The topological polar surface area (TPSA) is 250 Å². The number of phenols is 2. The second-order valence-electron chi connectivity index (χ2n) is 11.4. The Morgan fingerprint density at radius 2 is 1.55 bits per heavy atom. The largest absolute Gasteiger partial charge is 0.508 e. The molecule has 2 aromatic carbocycles. The summed E-state index contributed by atoms with van der Waals surface area (Å²) in [4.78, 5) is 63.0. The van der Waals surface area contributed by atoms with Crippen molar-refractivity contribution in [3.8, 4) is 22.6 Å². The average molecular weight is 616 g/mol. The molecular weight excluding hydrogens is 578 g/mol. The highest BCUT2D eigenvalue weighted by Gasteiger charge is 2.33. The maximum absolute atomic E-state index is 13.6. The molecule has 1 heterocycles. The molecule has 0 fully saturated rings. The fourth-order valence-electron chi connectivity index (χ4n) is 4.52. The number of nitrogens with two attached hydrogens (primary N) is 1. The van der Waals surface area contributed by atoms with Crippen molar-refractivity contribution in [2.24, 2.45) is 5.73 Å². The molecule has 15 nitrogen and oxygen atoms in total. The van der Waals surface area contributed by atoms with Crippen LogP contribution in [-0.2, 0) is 32.0 Å². The predicted molar refractivity (Wildman–Crippen MR) is 155 cm³/mol. The average Bonchev–Trinajstić information content (AvgIpc) is 2.91. The molecule has 0 saturated heterocycles. The van der Waals surface area contributed by atoms with Gasteiger partial charge in [0.2, 0.25) is 17.7 Å². The van der Waals surface area contributed by atoms with Gasteiger partial charge in [-0.15, -0.1) is 0 Å². The van der Waals surface area contributed by atoms with E-state index in [4.69, 9.17) is 15.6 Å². The van der Waals surface area contributed by atoms with Crippen LogP contribution in [0, 0.1) is 0 Å². The van der Waals surface area contributed by atoms with E-state index in [0.29, 0.717) is 11.1 Å². The summed E-state index contributed by atoms with van der Waals surface area (Å²) >= 11 is 0. The van der Waals surface area contributed by atoms with E-state index in [9.17, 15) is 39.3 Å². The molecule has 0 unspecified atom stereocenters. The monoisotopic (exact) mass is 615 g/mol. The van der Waals surface area contributed by atoms with Gasteiger partial charge in [0.25, 0.3) is 0 Å². The number of fused-ring (bicyclic) bond motifs is 5. The zero-order valence-corrected chi connectivity index (χ0v) is 24.4. The lowest BCUT2D eigenvalue weighted by molar-refractivity contribution is -0.132. The number of aromatic hydroxyl groups is 2. The quantitative estimate of drug-likeness (QED) is 0.214. The van der Waals surface area contributed by atoms with Crippen molar-refractivity contribution in [3.63, 3.8) is 0 Å². The molecule has 0 radical (unpaired) electrons. The van der Waals surface area contributed by atoms with E-state index in [1.165, 1.54) is 12.1 Å². The molecule has 1 aliphatic heterocycles. The number of primary amides is 1. The lowest BCUT2D eigenvalue weighted by atomic mass is 9.95. The highest BCUT2D eigenvalue weighted by atomic mass is 16.6. The van der Waals surface area contributed by atoms with E-state index in [0.717, 1.165) is 0 Å². The molecule has 10 N–H and O–H groups in total. The first kappa shape index (κ1) is 33.5. The number of aliphatic hydroxyl groups excluding tert-OH is 1. The smallest absolute Gasteiger partial charge is 0.408 e. The Labute approximate surface area is 252 Å². The fraction of sp³-hybridized carbons (Fsp3) is 0.414. The number of alkyl carbamates (subject to hydrolysis) is 1. The van der Waals surface area contributed by atoms with Crippen LogP contribution in [0.2, 0.25) is 0 Å². The van der Waals surface area contributed by atoms with Gasteiger partial charge in [0.05, 0.1) is 6.10 Å². The van der Waals surface area contributed by atoms with E-state index >= 15 is 0 Å². The van der Waals surface area contributed by atoms with Gasteiger partial charge in [0, 0.05) is 25.8 Å². The van der Waals surface area contributed by atoms with Crippen LogP contribution in [0.4, 0.5) is 9.59 Å². The molecule has 0 aliphatic carbocycles. The molecule has 0 saturated carbocycles. The molecule has 15 heteroatoms. The maximum atomic E-state index is 13.6. The van der Waals surface area contributed by atoms with Gasteiger partial charge in [-0.2, -0.15) is 0 Å². The second-order valence-corrected chi connectivity index (χ2v) is 11.4. The predicted octanol–water partition coefficient (Wildman–Crippen LogP) is 0.230. The molecule has 4 bridgehead atoms. The summed E-state index contributed by atoms with van der Waals surface area (Å²) in [5.41, 5.74) is 6.26. The van der Waals surface area contributed by atoms with Gasteiger partial charge in [0.1, 0.15) is 35.2 Å². The summed E-state index contributed by atoms with van der Waals surface area (Å²) in [5.74, 6) is -3.20. The van der Waals surface area contributed by atoms with Crippen molar-refractivity contribution in [1.29, 1.82) is 0 Å². The van der Waals surface area contributed by atoms with Crippen molar-refractivity contribution in [1.82, 2.24) is 21.3 Å². The molecule has 1 aliphatic rings. The lowest BCUT2D eigenvalue weighted by Crippen LogP contribution is -2.58. The first-order valence-electron chi connectivity index (χ1n) is 13.7. The van der Waals surface area contributed by atoms with Crippen LogP contribution < -0.4 is 27.0 Å². The molecule has 4 atom stereocenters. The summed E-state index contributed by atoms with van der Waals surface area (Å²) in [6.07, 6.45) is -4.87. The molecular formula is C29H37N5O10. The minimum atomic E-state index is -1.55. The Balaban J connectivity index is 2.11. The summed E-state index contributed by atoms with van der Waals surface area (Å²) in [6, 6.07) is 4.79. The zero-order chi connectivity index (χ0) is 32.8. The Morgan fingerprint density at radius 3 is 2.07 bits per heavy atom. The molecule has 2 aromatic rings. The van der Waals surface area contributed by atoms with Crippen molar-refractivity contribution >= 4 is 29.9 Å². The SMILES string of the molecule is CC(C)(C)OC(=O)N[C@H]1Cc2cc(ccc2O)-c2ccc(O)c(c2)C[C@@H](C(N)=O)NC(=O)[C@H](C[C@@H](O)CNC(=O)O)NC1=O. The van der Waals surface area contributed by atoms with Crippen LogP contribution >= 0.6 is 0 Å². The number of carbonyl (C=O) groups excluding carboxylic acids is 4. The summed E-state index contributed by atoms with van der Waals surface area (Å²) in [6.45, 7) is 4.36. The number of ether oxygens (including phenoxy) is 1. The van der Waals surface area contributed by atoms with Gasteiger partial charge < -0.3 is 52.2 Å². The van der Waals surface area contributed by atoms with Crippen LogP contribution in [-0.4, -0.2) is 86.7 Å². The van der Waals surface area contributed by atoms with Crippen LogP contribution in [0.3, 0.4) is 0 Å². The number of aliphatic hydroxyl groups is 1. The van der Waals surface area contributed by atoms with Gasteiger partial charge in [-0.1, -0.05) is 12.1 Å². The van der Waals surface area contributed by atoms with Gasteiger partial charge >= 0.3 is 12.2 Å². The van der Waals surface area contributed by atoms with Gasteiger partial charge in [-0.05, 0) is 67.3 Å². The first-order chi connectivity index (χ1) is 20.5. The molecule has 44 heavy (non-hydrogen) atoms. The van der Waals surface area contributed by atoms with E-state index in [2.05, 4.69) is 16.0 Å². The minimum Gasteiger partial charge on any atom is -0.508 e. The lowest BCUT2D eigenvalue weighted by Gasteiger charge is -2.27. The maximum Gasteiger partial charge on any atom is 0.408 e. The van der Waals surface area contributed by atoms with E-state index in [1.807, 2.05) is 5.32 Å². The number of carbonyl (C=O) groups is 5. The van der Waals surface area contributed by atoms with Crippen LogP contribution in [0.1, 0.15) is 38.3 Å². The number of nitrogens with one attached hydrogen (secondary N) is 4. The van der Waals surface area contributed by atoms with Gasteiger partial charge in [-0.25, -0.2) is 9.59 Å². The fourth-order valence-corrected chi connectivity index (χ4v) is 4.52. The van der Waals surface area contributed by atoms with Crippen molar-refractivity contribution in [2.45, 2.75) is 69.9 Å². The number of hydrogen-bond acceptors (Lipinski definition) is 9. The minimum absolute atomic E-state index is 0.181. The summed E-state index contributed by atoms with van der Waals surface area (Å²) < 4.78 is 5.30. The highest BCUT2D eigenvalue weighted by Crippen LogP contribution is 2.31. The molecule has 0 spiro atoms. The Morgan fingerprint density at radius 1 is 0.977 bits per heavy atom. The number of carboxylic acid groups (broad SMARTS) is 1. The number of phenolic OH excluding ortho intramolecular Hbond substituents is 2. The number of amides is 5. The second kappa shape index (κ2) is 13.9.